The summed E-state index contributed by atoms with van der Waals surface area (Å²) in [5.41, 5.74) is 4.51. The van der Waals surface area contributed by atoms with E-state index in [9.17, 15) is 9.18 Å². The number of hydrogen-bond donors (Lipinski definition) is 2. The van der Waals surface area contributed by atoms with Crippen molar-refractivity contribution in [3.05, 3.63) is 65.4 Å². The number of hydrogen-bond acceptors (Lipinski definition) is 5. The van der Waals surface area contributed by atoms with Crippen LogP contribution in [0.3, 0.4) is 0 Å². The van der Waals surface area contributed by atoms with Crippen molar-refractivity contribution in [2.45, 2.75) is 39.4 Å². The molecule has 0 saturated carbocycles. The minimum Gasteiger partial charge on any atom is -0.366 e. The van der Waals surface area contributed by atoms with E-state index >= 15 is 0 Å². The van der Waals surface area contributed by atoms with Crippen LogP contribution in [-0.4, -0.2) is 33.8 Å². The highest BCUT2D eigenvalue weighted by molar-refractivity contribution is 6.04. The lowest BCUT2D eigenvalue weighted by Gasteiger charge is -2.35. The fourth-order valence-corrected chi connectivity index (χ4v) is 3.74. The first-order valence-electron chi connectivity index (χ1n) is 9.99. The van der Waals surface area contributed by atoms with E-state index in [-0.39, 0.29) is 17.8 Å². The molecule has 0 aliphatic carbocycles. The highest BCUT2D eigenvalue weighted by Crippen LogP contribution is 2.35. The van der Waals surface area contributed by atoms with Crippen LogP contribution in [0, 0.1) is 12.7 Å². The molecular weight excluding hydrogens is 383 g/mol. The number of amides is 1. The number of aryl methyl sites for hydroxylation is 1. The van der Waals surface area contributed by atoms with E-state index < -0.39 is 0 Å². The Morgan fingerprint density at radius 1 is 1.23 bits per heavy atom. The maximum absolute atomic E-state index is 13.0. The number of likely N-dealkylation sites (N-methyl/N-ethyl adjacent to an activating group) is 1. The third kappa shape index (κ3) is 3.98. The minimum absolute atomic E-state index is 0.00618. The molecule has 0 fully saturated rings. The molecule has 1 amide bonds. The molecule has 1 aliphatic heterocycles. The number of carbonyl (C=O) groups excluding carboxylic acids is 1. The van der Waals surface area contributed by atoms with E-state index in [4.69, 9.17) is 0 Å². The van der Waals surface area contributed by atoms with Crippen LogP contribution in [0.5, 0.6) is 0 Å². The molecule has 7 nitrogen and oxygen atoms in total. The largest absolute Gasteiger partial charge is 0.366 e. The Bertz CT molecular complexity index is 1060. The minimum atomic E-state index is -0.243. The first kappa shape index (κ1) is 19.9. The molecule has 3 heterocycles. The summed E-state index contributed by atoms with van der Waals surface area (Å²) in [5.74, 6) is 0.509. The van der Waals surface area contributed by atoms with Crippen molar-refractivity contribution in [3.8, 4) is 0 Å². The standard InChI is InChI=1S/C22H25FN6O/c1-4-18-22(30)27-21-14(2)26-20(9-19(21)28(18)3)24-10-16-11-25-29(13-16)12-15-5-7-17(23)8-6-15/h5-9,11,13,18H,4,10,12H2,1-3H3,(H,24,26)(H,27,30). The van der Waals surface area contributed by atoms with E-state index in [1.165, 1.54) is 12.1 Å². The van der Waals surface area contributed by atoms with E-state index in [0.717, 1.165) is 40.4 Å². The van der Waals surface area contributed by atoms with E-state index in [1.807, 2.05) is 42.7 Å². The van der Waals surface area contributed by atoms with Crippen molar-refractivity contribution in [1.82, 2.24) is 14.8 Å². The number of rotatable bonds is 6. The van der Waals surface area contributed by atoms with Crippen molar-refractivity contribution in [2.24, 2.45) is 0 Å². The van der Waals surface area contributed by atoms with Gasteiger partial charge < -0.3 is 15.5 Å². The lowest BCUT2D eigenvalue weighted by Crippen LogP contribution is -2.45. The molecule has 1 aromatic carbocycles. The average Bonchev–Trinajstić information content (AvgIpc) is 3.17. The van der Waals surface area contributed by atoms with Crippen LogP contribution in [-0.2, 0) is 17.9 Å². The van der Waals surface area contributed by atoms with Gasteiger partial charge in [0, 0.05) is 31.4 Å². The summed E-state index contributed by atoms with van der Waals surface area (Å²) < 4.78 is 14.9. The predicted octanol–water partition coefficient (Wildman–Crippen LogP) is 3.55. The molecule has 0 radical (unpaired) electrons. The number of carbonyl (C=O) groups is 1. The van der Waals surface area contributed by atoms with Gasteiger partial charge in [-0.2, -0.15) is 5.10 Å². The molecule has 3 aromatic rings. The SMILES string of the molecule is CCC1C(=O)Nc2c(cc(NCc3cnn(Cc4ccc(F)cc4)c3)nc2C)N1C. The molecule has 0 bridgehead atoms. The molecule has 1 atom stereocenters. The second kappa shape index (κ2) is 8.14. The number of anilines is 3. The average molecular weight is 408 g/mol. The molecule has 2 aromatic heterocycles. The topological polar surface area (TPSA) is 75.1 Å². The molecule has 30 heavy (non-hydrogen) atoms. The van der Waals surface area contributed by atoms with Crippen molar-refractivity contribution in [1.29, 1.82) is 0 Å². The summed E-state index contributed by atoms with van der Waals surface area (Å²) in [6.07, 6.45) is 4.50. The van der Waals surface area contributed by atoms with E-state index in [2.05, 4.69) is 20.7 Å². The van der Waals surface area contributed by atoms with Gasteiger partial charge in [0.25, 0.3) is 0 Å². The summed E-state index contributed by atoms with van der Waals surface area (Å²) in [4.78, 5) is 18.9. The lowest BCUT2D eigenvalue weighted by molar-refractivity contribution is -0.117. The van der Waals surface area contributed by atoms with E-state index in [0.29, 0.717) is 13.1 Å². The van der Waals surface area contributed by atoms with Crippen LogP contribution in [0.1, 0.15) is 30.2 Å². The van der Waals surface area contributed by atoms with Gasteiger partial charge in [-0.1, -0.05) is 19.1 Å². The zero-order valence-corrected chi connectivity index (χ0v) is 17.3. The highest BCUT2D eigenvalue weighted by Gasteiger charge is 2.30. The number of benzene rings is 1. The number of fused-ring (bicyclic) bond motifs is 1. The Kier molecular flexibility index (Phi) is 5.39. The van der Waals surface area contributed by atoms with Crippen molar-refractivity contribution >= 4 is 23.1 Å². The van der Waals surface area contributed by atoms with Gasteiger partial charge in [0.2, 0.25) is 5.91 Å². The molecule has 0 spiro atoms. The molecule has 156 valence electrons. The van der Waals surface area contributed by atoms with Gasteiger partial charge in [-0.3, -0.25) is 9.48 Å². The fourth-order valence-electron chi connectivity index (χ4n) is 3.74. The van der Waals surface area contributed by atoms with Gasteiger partial charge in [-0.05, 0) is 31.0 Å². The van der Waals surface area contributed by atoms with E-state index in [1.54, 1.807) is 18.3 Å². The predicted molar refractivity (Wildman–Crippen MR) is 115 cm³/mol. The molecule has 1 aliphatic rings. The number of nitrogens with zero attached hydrogens (tertiary/aromatic N) is 4. The number of halogens is 1. The second-order valence-electron chi connectivity index (χ2n) is 7.54. The summed E-state index contributed by atoms with van der Waals surface area (Å²) in [7, 11) is 1.94. The molecule has 8 heteroatoms. The summed E-state index contributed by atoms with van der Waals surface area (Å²) in [6, 6.07) is 8.20. The third-order valence-electron chi connectivity index (χ3n) is 5.38. The molecule has 4 rings (SSSR count). The van der Waals surface area contributed by atoms with Crippen LogP contribution in [0.25, 0.3) is 0 Å². The van der Waals surface area contributed by atoms with Crippen molar-refractivity contribution in [2.75, 3.05) is 22.6 Å². The molecule has 1 unspecified atom stereocenters. The Hall–Kier alpha value is -3.42. The van der Waals surface area contributed by atoms with Gasteiger partial charge in [0.05, 0.1) is 29.8 Å². The maximum Gasteiger partial charge on any atom is 0.247 e. The fraction of sp³-hybridized carbons (Fsp3) is 0.318. The second-order valence-corrected chi connectivity index (χ2v) is 7.54. The Balaban J connectivity index is 1.45. The monoisotopic (exact) mass is 408 g/mol. The van der Waals surface area contributed by atoms with Gasteiger partial charge in [-0.15, -0.1) is 0 Å². The zero-order valence-electron chi connectivity index (χ0n) is 17.3. The smallest absolute Gasteiger partial charge is 0.247 e. The van der Waals surface area contributed by atoms with Crippen LogP contribution in [0.2, 0.25) is 0 Å². The third-order valence-corrected chi connectivity index (χ3v) is 5.38. The number of aromatic nitrogens is 3. The number of nitrogens with one attached hydrogen (secondary N) is 2. The molecular formula is C22H25FN6O. The maximum atomic E-state index is 13.0. The Labute approximate surface area is 174 Å². The Morgan fingerprint density at radius 2 is 2.00 bits per heavy atom. The number of pyridine rings is 1. The van der Waals surface area contributed by atoms with Crippen LogP contribution < -0.4 is 15.5 Å². The lowest BCUT2D eigenvalue weighted by atomic mass is 10.1. The van der Waals surface area contributed by atoms with Crippen LogP contribution in [0.15, 0.2) is 42.7 Å². The normalized spacial score (nSPS) is 15.7. The van der Waals surface area contributed by atoms with Crippen molar-refractivity contribution < 1.29 is 9.18 Å². The van der Waals surface area contributed by atoms with Crippen molar-refractivity contribution in [3.63, 3.8) is 0 Å². The summed E-state index contributed by atoms with van der Waals surface area (Å²) >= 11 is 0. The zero-order chi connectivity index (χ0) is 21.3. The quantitative estimate of drug-likeness (QED) is 0.652. The van der Waals surface area contributed by atoms with Crippen LogP contribution >= 0.6 is 0 Å². The first-order chi connectivity index (χ1) is 14.4. The van der Waals surface area contributed by atoms with Gasteiger partial charge in [-0.25, -0.2) is 9.37 Å². The molecule has 0 saturated heterocycles. The molecule has 2 N–H and O–H groups in total. The first-order valence-corrected chi connectivity index (χ1v) is 9.99. The summed E-state index contributed by atoms with van der Waals surface area (Å²) in [5, 5.41) is 10.7. The van der Waals surface area contributed by atoms with Gasteiger partial charge >= 0.3 is 0 Å². The van der Waals surface area contributed by atoms with Gasteiger partial charge in [0.15, 0.2) is 0 Å². The van der Waals surface area contributed by atoms with Gasteiger partial charge in [0.1, 0.15) is 17.7 Å². The van der Waals surface area contributed by atoms with Crippen LogP contribution in [0.4, 0.5) is 21.6 Å². The highest BCUT2D eigenvalue weighted by atomic mass is 19.1. The Morgan fingerprint density at radius 3 is 2.73 bits per heavy atom. The summed E-state index contributed by atoms with van der Waals surface area (Å²) in [6.45, 7) is 5.05.